The van der Waals surface area contributed by atoms with Crippen LogP contribution in [0.5, 0.6) is 0 Å². The van der Waals surface area contributed by atoms with Crippen molar-refractivity contribution in [2.24, 2.45) is 0 Å². The Kier molecular flexibility index (Phi) is 2.80. The molecule has 1 N–H and O–H groups in total. The van der Waals surface area contributed by atoms with E-state index in [-0.39, 0.29) is 5.91 Å². The summed E-state index contributed by atoms with van der Waals surface area (Å²) in [5.41, 5.74) is 0. The van der Waals surface area contributed by atoms with Crippen molar-refractivity contribution in [2.45, 2.75) is 38.4 Å². The summed E-state index contributed by atoms with van der Waals surface area (Å²) >= 11 is 0. The average Bonchev–Trinajstić information content (AvgIpc) is 3.04. The molecule has 0 unspecified atom stereocenters. The number of carbonyl (C=O) groups excluding carboxylic acids is 1. The Hall–Kier alpha value is -1.43. The summed E-state index contributed by atoms with van der Waals surface area (Å²) in [6, 6.07) is 0.673. The first-order valence-corrected chi connectivity index (χ1v) is 6.21. The second-order valence-corrected chi connectivity index (χ2v) is 4.73. The van der Waals surface area contributed by atoms with Gasteiger partial charge in [-0.05, 0) is 12.8 Å². The molecule has 1 aliphatic heterocycles. The van der Waals surface area contributed by atoms with E-state index in [1.807, 2.05) is 9.47 Å². The van der Waals surface area contributed by atoms with Gasteiger partial charge >= 0.3 is 0 Å². The zero-order valence-corrected chi connectivity index (χ0v) is 9.80. The Morgan fingerprint density at radius 3 is 3.18 bits per heavy atom. The van der Waals surface area contributed by atoms with E-state index in [2.05, 4.69) is 15.5 Å². The molecule has 1 aromatic rings. The molecule has 1 aliphatic carbocycles. The Bertz CT molecular complexity index is 412. The molecule has 0 spiro atoms. The minimum absolute atomic E-state index is 0.215. The van der Waals surface area contributed by atoms with Gasteiger partial charge in [-0.15, -0.1) is 10.2 Å². The van der Waals surface area contributed by atoms with Crippen LogP contribution in [0, 0.1) is 0 Å². The zero-order valence-electron chi connectivity index (χ0n) is 9.80. The van der Waals surface area contributed by atoms with E-state index in [9.17, 15) is 4.79 Å². The van der Waals surface area contributed by atoms with Crippen LogP contribution >= 0.6 is 0 Å². The lowest BCUT2D eigenvalue weighted by molar-refractivity contribution is -0.132. The molecule has 0 aromatic carbocycles. The summed E-state index contributed by atoms with van der Waals surface area (Å²) in [5, 5.41) is 11.2. The molecule has 92 valence electrons. The smallest absolute Gasteiger partial charge is 0.224 e. The molecule has 6 nitrogen and oxygen atoms in total. The number of amides is 1. The minimum atomic E-state index is 0.215. The maximum Gasteiger partial charge on any atom is 0.224 e. The van der Waals surface area contributed by atoms with Gasteiger partial charge in [-0.1, -0.05) is 0 Å². The minimum Gasteiger partial charge on any atom is -0.333 e. The third-order valence-electron chi connectivity index (χ3n) is 3.34. The van der Waals surface area contributed by atoms with Crippen LogP contribution in [0.15, 0.2) is 6.33 Å². The van der Waals surface area contributed by atoms with Crippen molar-refractivity contribution >= 4 is 5.91 Å². The predicted molar refractivity (Wildman–Crippen MR) is 61.1 cm³/mol. The van der Waals surface area contributed by atoms with Crippen molar-refractivity contribution in [1.29, 1.82) is 0 Å². The third-order valence-corrected chi connectivity index (χ3v) is 3.34. The topological polar surface area (TPSA) is 63.1 Å². The molecule has 3 rings (SSSR count). The van der Waals surface area contributed by atoms with Crippen LogP contribution in [0.1, 0.15) is 25.1 Å². The first-order chi connectivity index (χ1) is 8.33. The second kappa shape index (κ2) is 4.44. The quantitative estimate of drug-likeness (QED) is 0.782. The van der Waals surface area contributed by atoms with Crippen LogP contribution in [0.3, 0.4) is 0 Å². The third kappa shape index (κ3) is 2.46. The maximum absolute atomic E-state index is 12.0. The van der Waals surface area contributed by atoms with E-state index >= 15 is 0 Å². The average molecular weight is 235 g/mol. The van der Waals surface area contributed by atoms with Gasteiger partial charge in [0.05, 0.1) is 6.54 Å². The number of aromatic nitrogens is 3. The van der Waals surface area contributed by atoms with Gasteiger partial charge < -0.3 is 14.8 Å². The summed E-state index contributed by atoms with van der Waals surface area (Å²) in [4.78, 5) is 13.8. The summed E-state index contributed by atoms with van der Waals surface area (Å²) in [6.07, 6.45) is 4.85. The van der Waals surface area contributed by atoms with E-state index in [0.717, 1.165) is 25.5 Å². The van der Waals surface area contributed by atoms with Crippen LogP contribution in [0.2, 0.25) is 0 Å². The molecule has 1 aromatic heterocycles. The summed E-state index contributed by atoms with van der Waals surface area (Å²) in [6.45, 7) is 2.98. The molecule has 6 heteroatoms. The maximum atomic E-state index is 12.0. The molecule has 0 saturated heterocycles. The molecule has 1 amide bonds. The van der Waals surface area contributed by atoms with Gasteiger partial charge in [0.2, 0.25) is 5.91 Å². The van der Waals surface area contributed by atoms with Crippen LogP contribution in [-0.2, 0) is 17.9 Å². The molecule has 17 heavy (non-hydrogen) atoms. The second-order valence-electron chi connectivity index (χ2n) is 4.73. The number of nitrogens with zero attached hydrogens (tertiary/aromatic N) is 4. The van der Waals surface area contributed by atoms with E-state index in [1.54, 1.807) is 6.33 Å². The lowest BCUT2D eigenvalue weighted by Gasteiger charge is -2.27. The standard InChI is InChI=1S/C11H17N5O/c17-11(3-4-12-9-1-2-9)15-5-6-16-8-13-14-10(16)7-15/h8-9,12H,1-7H2. The summed E-state index contributed by atoms with van der Waals surface area (Å²) in [7, 11) is 0. The van der Waals surface area contributed by atoms with Gasteiger partial charge in [-0.25, -0.2) is 0 Å². The SMILES string of the molecule is O=C(CCNC1CC1)N1CCn2cnnc2C1. The fourth-order valence-electron chi connectivity index (χ4n) is 2.11. The zero-order chi connectivity index (χ0) is 11.7. The van der Waals surface area contributed by atoms with E-state index < -0.39 is 0 Å². The van der Waals surface area contributed by atoms with Crippen molar-refractivity contribution in [3.8, 4) is 0 Å². The van der Waals surface area contributed by atoms with Gasteiger partial charge in [-0.3, -0.25) is 4.79 Å². The molecular weight excluding hydrogens is 218 g/mol. The molecule has 0 atom stereocenters. The normalized spacial score (nSPS) is 19.2. The van der Waals surface area contributed by atoms with Crippen molar-refractivity contribution in [1.82, 2.24) is 25.0 Å². The number of nitrogens with one attached hydrogen (secondary N) is 1. The van der Waals surface area contributed by atoms with Crippen molar-refractivity contribution in [2.75, 3.05) is 13.1 Å². The highest BCUT2D eigenvalue weighted by Crippen LogP contribution is 2.18. The number of rotatable bonds is 4. The molecule has 1 fully saturated rings. The fraction of sp³-hybridized carbons (Fsp3) is 0.727. The van der Waals surface area contributed by atoms with Gasteiger partial charge in [0.15, 0.2) is 5.82 Å². The van der Waals surface area contributed by atoms with Crippen LogP contribution < -0.4 is 5.32 Å². The highest BCUT2D eigenvalue weighted by atomic mass is 16.2. The van der Waals surface area contributed by atoms with E-state index in [1.165, 1.54) is 12.8 Å². The molecule has 0 bridgehead atoms. The number of carbonyl (C=O) groups is 1. The van der Waals surface area contributed by atoms with Crippen molar-refractivity contribution in [3.63, 3.8) is 0 Å². The lowest BCUT2D eigenvalue weighted by atomic mass is 10.3. The highest BCUT2D eigenvalue weighted by Gasteiger charge is 2.23. The van der Waals surface area contributed by atoms with E-state index in [0.29, 0.717) is 19.0 Å². The highest BCUT2D eigenvalue weighted by molar-refractivity contribution is 5.76. The lowest BCUT2D eigenvalue weighted by Crippen LogP contribution is -2.39. The first kappa shape index (κ1) is 10.7. The molecule has 1 saturated carbocycles. The van der Waals surface area contributed by atoms with Crippen LogP contribution in [0.25, 0.3) is 0 Å². The molecule has 2 aliphatic rings. The Morgan fingerprint density at radius 2 is 2.35 bits per heavy atom. The van der Waals surface area contributed by atoms with Crippen molar-refractivity contribution in [3.05, 3.63) is 12.2 Å². The van der Waals surface area contributed by atoms with Crippen LogP contribution in [0.4, 0.5) is 0 Å². The molecule has 0 radical (unpaired) electrons. The molecule has 2 heterocycles. The largest absolute Gasteiger partial charge is 0.333 e. The van der Waals surface area contributed by atoms with Gasteiger partial charge in [0.1, 0.15) is 6.33 Å². The fourth-order valence-corrected chi connectivity index (χ4v) is 2.11. The monoisotopic (exact) mass is 235 g/mol. The van der Waals surface area contributed by atoms with Crippen LogP contribution in [-0.4, -0.2) is 44.7 Å². The van der Waals surface area contributed by atoms with Gasteiger partial charge in [0.25, 0.3) is 0 Å². The predicted octanol–water partition coefficient (Wildman–Crippen LogP) is -0.238. The Morgan fingerprint density at radius 1 is 1.47 bits per heavy atom. The van der Waals surface area contributed by atoms with E-state index in [4.69, 9.17) is 0 Å². The Labute approximate surface area is 100 Å². The van der Waals surface area contributed by atoms with Gasteiger partial charge in [-0.2, -0.15) is 0 Å². The Balaban J connectivity index is 1.49. The number of hydrogen-bond acceptors (Lipinski definition) is 4. The summed E-state index contributed by atoms with van der Waals surface area (Å²) < 4.78 is 2.01. The van der Waals surface area contributed by atoms with Crippen molar-refractivity contribution < 1.29 is 4.79 Å². The summed E-state index contributed by atoms with van der Waals surface area (Å²) in [5.74, 6) is 1.10. The number of hydrogen-bond donors (Lipinski definition) is 1. The molecular formula is C11H17N5O. The first-order valence-electron chi connectivity index (χ1n) is 6.21. The number of fused-ring (bicyclic) bond motifs is 1. The van der Waals surface area contributed by atoms with Gasteiger partial charge in [0, 0.05) is 32.1 Å².